The van der Waals surface area contributed by atoms with Gasteiger partial charge in [0.15, 0.2) is 0 Å². The van der Waals surface area contributed by atoms with Crippen LogP contribution in [0.25, 0.3) is 0 Å². The predicted molar refractivity (Wildman–Crippen MR) is 75.6 cm³/mol. The van der Waals surface area contributed by atoms with Gasteiger partial charge in [0.25, 0.3) is 0 Å². The first-order chi connectivity index (χ1) is 9.67. The lowest BCUT2D eigenvalue weighted by Gasteiger charge is -2.24. The molecule has 0 spiro atoms. The van der Waals surface area contributed by atoms with E-state index in [0.29, 0.717) is 25.9 Å². The third-order valence-corrected chi connectivity index (χ3v) is 3.99. The Bertz CT molecular complexity index is 500. The van der Waals surface area contributed by atoms with Crippen molar-refractivity contribution in [1.82, 2.24) is 4.90 Å². The lowest BCUT2D eigenvalue weighted by molar-refractivity contribution is -0.138. The number of alkyl halides is 3. The summed E-state index contributed by atoms with van der Waals surface area (Å²) in [6, 6.07) is 3.93. The highest BCUT2D eigenvalue weighted by molar-refractivity contribution is 5.46. The van der Waals surface area contributed by atoms with Crippen molar-refractivity contribution in [2.75, 3.05) is 18.8 Å². The average Bonchev–Trinajstić information content (AvgIpc) is 2.52. The van der Waals surface area contributed by atoms with Crippen molar-refractivity contribution in [2.24, 2.45) is 0 Å². The minimum Gasteiger partial charge on any atom is -0.399 e. The molecule has 0 aromatic heterocycles. The number of anilines is 1. The molecular weight excluding hydrogens is 281 g/mol. The Balaban J connectivity index is 2.16. The summed E-state index contributed by atoms with van der Waals surface area (Å²) in [6.07, 6.45) is -2.37. The van der Waals surface area contributed by atoms with Crippen LogP contribution in [0, 0.1) is 0 Å². The third-order valence-electron chi connectivity index (χ3n) is 3.99. The number of hydrogen-bond donors (Lipinski definition) is 2. The van der Waals surface area contributed by atoms with Gasteiger partial charge in [0.2, 0.25) is 0 Å². The average molecular weight is 302 g/mol. The summed E-state index contributed by atoms with van der Waals surface area (Å²) in [6.45, 7) is 3.29. The molecule has 1 heterocycles. The maximum absolute atomic E-state index is 13.1. The fourth-order valence-corrected chi connectivity index (χ4v) is 2.71. The molecule has 1 unspecified atom stereocenters. The first-order valence-electron chi connectivity index (χ1n) is 7.08. The van der Waals surface area contributed by atoms with Gasteiger partial charge in [-0.3, -0.25) is 4.90 Å². The Morgan fingerprint density at radius 3 is 2.67 bits per heavy atom. The number of nitrogens with zero attached hydrogens (tertiary/aromatic N) is 1. The van der Waals surface area contributed by atoms with Crippen molar-refractivity contribution in [3.05, 3.63) is 29.3 Å². The molecule has 3 N–H and O–H groups in total. The number of halogens is 3. The molecule has 0 bridgehead atoms. The van der Waals surface area contributed by atoms with E-state index in [-0.39, 0.29) is 17.8 Å². The van der Waals surface area contributed by atoms with Crippen LogP contribution >= 0.6 is 0 Å². The third kappa shape index (κ3) is 4.35. The molecule has 1 atom stereocenters. The van der Waals surface area contributed by atoms with Gasteiger partial charge in [0.1, 0.15) is 0 Å². The lowest BCUT2D eigenvalue weighted by atomic mass is 9.98. The Labute approximate surface area is 122 Å². The topological polar surface area (TPSA) is 49.5 Å². The summed E-state index contributed by atoms with van der Waals surface area (Å²) in [5.74, 6) is 0. The van der Waals surface area contributed by atoms with Gasteiger partial charge in [-0.15, -0.1) is 0 Å². The number of aliphatic hydroxyl groups is 1. The Hall–Kier alpha value is -1.27. The number of nitrogens with two attached hydrogens (primary N) is 1. The van der Waals surface area contributed by atoms with E-state index in [9.17, 15) is 18.3 Å². The summed E-state index contributed by atoms with van der Waals surface area (Å²) in [4.78, 5) is 1.96. The van der Waals surface area contributed by atoms with Crippen LogP contribution in [-0.2, 0) is 12.7 Å². The van der Waals surface area contributed by atoms with Crippen LogP contribution in [0.1, 0.15) is 37.3 Å². The second kappa shape index (κ2) is 5.85. The van der Waals surface area contributed by atoms with Crippen molar-refractivity contribution >= 4 is 5.69 Å². The number of benzene rings is 1. The zero-order valence-electron chi connectivity index (χ0n) is 12.1. The highest BCUT2D eigenvalue weighted by Crippen LogP contribution is 2.34. The summed E-state index contributed by atoms with van der Waals surface area (Å²) in [5.41, 5.74) is 4.43. The van der Waals surface area contributed by atoms with E-state index in [1.54, 1.807) is 6.92 Å². The van der Waals surface area contributed by atoms with Crippen molar-refractivity contribution in [3.63, 3.8) is 0 Å². The van der Waals surface area contributed by atoms with E-state index in [1.807, 2.05) is 4.90 Å². The van der Waals surface area contributed by atoms with Crippen LogP contribution in [0.3, 0.4) is 0 Å². The van der Waals surface area contributed by atoms with Crippen LogP contribution in [-0.4, -0.2) is 28.7 Å². The van der Waals surface area contributed by atoms with Crippen LogP contribution in [0.4, 0.5) is 18.9 Å². The molecule has 118 valence electrons. The molecule has 0 amide bonds. The molecule has 3 nitrogen and oxygen atoms in total. The van der Waals surface area contributed by atoms with Crippen molar-refractivity contribution in [3.8, 4) is 0 Å². The first-order valence-corrected chi connectivity index (χ1v) is 7.08. The molecule has 1 aliphatic heterocycles. The molecule has 1 aromatic rings. The second-order valence-electron chi connectivity index (χ2n) is 6.04. The van der Waals surface area contributed by atoms with Crippen LogP contribution in [0.5, 0.6) is 0 Å². The van der Waals surface area contributed by atoms with Crippen molar-refractivity contribution in [1.29, 1.82) is 0 Å². The summed E-state index contributed by atoms with van der Waals surface area (Å²) >= 11 is 0. The van der Waals surface area contributed by atoms with Gasteiger partial charge in [-0.2, -0.15) is 13.2 Å². The highest BCUT2D eigenvalue weighted by atomic mass is 19.4. The zero-order chi connectivity index (χ0) is 15.7. The Kier molecular flexibility index (Phi) is 4.49. The van der Waals surface area contributed by atoms with E-state index in [0.717, 1.165) is 12.5 Å². The molecule has 0 aliphatic carbocycles. The van der Waals surface area contributed by atoms with Crippen molar-refractivity contribution in [2.45, 2.75) is 44.5 Å². The van der Waals surface area contributed by atoms with E-state index < -0.39 is 17.3 Å². The number of rotatable bonds is 2. The van der Waals surface area contributed by atoms with E-state index in [4.69, 9.17) is 5.73 Å². The lowest BCUT2D eigenvalue weighted by Crippen LogP contribution is -2.29. The van der Waals surface area contributed by atoms with Gasteiger partial charge < -0.3 is 10.8 Å². The van der Waals surface area contributed by atoms with Crippen LogP contribution < -0.4 is 5.73 Å². The zero-order valence-corrected chi connectivity index (χ0v) is 12.1. The smallest absolute Gasteiger partial charge is 0.399 e. The SMILES string of the molecule is CC1(O)CCCN(Cc2ccc(N)cc2C(F)(F)F)CC1. The molecule has 6 heteroatoms. The molecule has 0 saturated carbocycles. The van der Waals surface area contributed by atoms with Gasteiger partial charge >= 0.3 is 6.18 Å². The number of nitrogen functional groups attached to an aromatic ring is 1. The van der Waals surface area contributed by atoms with Crippen LogP contribution in [0.15, 0.2) is 18.2 Å². The summed E-state index contributed by atoms with van der Waals surface area (Å²) < 4.78 is 39.2. The van der Waals surface area contributed by atoms with Crippen LogP contribution in [0.2, 0.25) is 0 Å². The van der Waals surface area contributed by atoms with E-state index in [2.05, 4.69) is 0 Å². The summed E-state index contributed by atoms with van der Waals surface area (Å²) in [7, 11) is 0. The van der Waals surface area contributed by atoms with Gasteiger partial charge in [-0.25, -0.2) is 0 Å². The molecule has 21 heavy (non-hydrogen) atoms. The van der Waals surface area contributed by atoms with Gasteiger partial charge in [-0.05, 0) is 50.4 Å². The quantitative estimate of drug-likeness (QED) is 0.826. The first kappa shape index (κ1) is 16.1. The van der Waals surface area contributed by atoms with E-state index in [1.165, 1.54) is 12.1 Å². The molecule has 1 aliphatic rings. The molecule has 2 rings (SSSR count). The largest absolute Gasteiger partial charge is 0.416 e. The molecule has 1 aromatic carbocycles. The molecule has 0 radical (unpaired) electrons. The normalized spacial score (nSPS) is 24.8. The maximum Gasteiger partial charge on any atom is 0.416 e. The minimum absolute atomic E-state index is 0.116. The minimum atomic E-state index is -4.40. The van der Waals surface area contributed by atoms with Gasteiger partial charge in [-0.1, -0.05) is 6.07 Å². The standard InChI is InChI=1S/C15H21F3N2O/c1-14(21)5-2-7-20(8-6-14)10-11-3-4-12(19)9-13(11)15(16,17)18/h3-4,9,21H,2,5-8,10,19H2,1H3. The summed E-state index contributed by atoms with van der Waals surface area (Å²) in [5, 5.41) is 10.0. The Morgan fingerprint density at radius 1 is 1.29 bits per heavy atom. The number of likely N-dealkylation sites (tertiary alicyclic amines) is 1. The number of hydrogen-bond acceptors (Lipinski definition) is 3. The molecule has 1 fully saturated rings. The fourth-order valence-electron chi connectivity index (χ4n) is 2.71. The van der Waals surface area contributed by atoms with Crippen molar-refractivity contribution < 1.29 is 18.3 Å². The molecular formula is C15H21F3N2O. The monoisotopic (exact) mass is 302 g/mol. The molecule has 1 saturated heterocycles. The second-order valence-corrected chi connectivity index (χ2v) is 6.04. The fraction of sp³-hybridized carbons (Fsp3) is 0.600. The van der Waals surface area contributed by atoms with E-state index >= 15 is 0 Å². The van der Waals surface area contributed by atoms with Gasteiger partial charge in [0.05, 0.1) is 11.2 Å². The van der Waals surface area contributed by atoms with Gasteiger partial charge in [0, 0.05) is 18.8 Å². The maximum atomic E-state index is 13.1. The predicted octanol–water partition coefficient (Wildman–Crippen LogP) is 3.02. The highest BCUT2D eigenvalue weighted by Gasteiger charge is 2.34. The Morgan fingerprint density at radius 2 is 2.00 bits per heavy atom.